The van der Waals surface area contributed by atoms with Crippen LogP contribution in [0, 0.1) is 24.2 Å². The Morgan fingerprint density at radius 1 is 1.44 bits per heavy atom. The van der Waals surface area contributed by atoms with Gasteiger partial charge in [0, 0.05) is 10.7 Å². The van der Waals surface area contributed by atoms with Gasteiger partial charge in [-0.05, 0) is 43.0 Å². The molecule has 0 aliphatic rings. The van der Waals surface area contributed by atoms with Crippen molar-refractivity contribution in [3.05, 3.63) is 28.8 Å². The predicted octanol–water partition coefficient (Wildman–Crippen LogP) is 4.00. The van der Waals surface area contributed by atoms with Crippen LogP contribution in [0.15, 0.2) is 18.2 Å². The van der Waals surface area contributed by atoms with Crippen LogP contribution in [-0.4, -0.2) is 6.04 Å². The molecule has 0 saturated carbocycles. The highest BCUT2D eigenvalue weighted by molar-refractivity contribution is 6.30. The monoisotopic (exact) mass is 236 g/mol. The quantitative estimate of drug-likeness (QED) is 0.858. The number of halogens is 1. The van der Waals surface area contributed by atoms with Crippen LogP contribution in [0.3, 0.4) is 0 Å². The van der Waals surface area contributed by atoms with Gasteiger partial charge in [-0.3, -0.25) is 0 Å². The highest BCUT2D eigenvalue weighted by Crippen LogP contribution is 2.21. The van der Waals surface area contributed by atoms with E-state index in [4.69, 9.17) is 16.9 Å². The van der Waals surface area contributed by atoms with Crippen molar-refractivity contribution in [3.8, 4) is 6.07 Å². The molecule has 0 spiro atoms. The molecule has 1 aromatic carbocycles. The number of nitrogens with zero attached hydrogens (tertiary/aromatic N) is 1. The van der Waals surface area contributed by atoms with Gasteiger partial charge in [-0.1, -0.05) is 25.4 Å². The van der Waals surface area contributed by atoms with E-state index in [0.717, 1.165) is 22.7 Å². The lowest BCUT2D eigenvalue weighted by Gasteiger charge is -2.16. The average Bonchev–Trinajstić information content (AvgIpc) is 2.20. The number of rotatable bonds is 4. The topological polar surface area (TPSA) is 35.8 Å². The second kappa shape index (κ2) is 5.77. The molecule has 3 heteroatoms. The van der Waals surface area contributed by atoms with E-state index < -0.39 is 0 Å². The Balaban J connectivity index is 2.75. The summed E-state index contributed by atoms with van der Waals surface area (Å²) in [5.41, 5.74) is 2.05. The fourth-order valence-electron chi connectivity index (χ4n) is 1.59. The molecule has 0 aliphatic carbocycles. The maximum absolute atomic E-state index is 9.04. The largest absolute Gasteiger partial charge is 0.370 e. The molecule has 0 amide bonds. The predicted molar refractivity (Wildman–Crippen MR) is 68.7 cm³/mol. The third-order valence-corrected chi connectivity index (χ3v) is 2.62. The van der Waals surface area contributed by atoms with Gasteiger partial charge in [0.2, 0.25) is 0 Å². The Kier molecular flexibility index (Phi) is 4.64. The standard InChI is InChI=1S/C13H17ClN2/c1-9(2)6-12(8-15)16-13-5-4-11(14)7-10(13)3/h4-5,7,9,12,16H,6H2,1-3H3. The fraction of sp³-hybridized carbons (Fsp3) is 0.462. The Morgan fingerprint density at radius 3 is 2.62 bits per heavy atom. The van der Waals surface area contributed by atoms with Crippen LogP contribution in [0.25, 0.3) is 0 Å². The van der Waals surface area contributed by atoms with Gasteiger partial charge in [-0.15, -0.1) is 0 Å². The molecule has 0 bridgehead atoms. The Morgan fingerprint density at radius 2 is 2.12 bits per heavy atom. The van der Waals surface area contributed by atoms with Gasteiger partial charge in [0.1, 0.15) is 6.04 Å². The summed E-state index contributed by atoms with van der Waals surface area (Å²) in [4.78, 5) is 0. The second-order valence-electron chi connectivity index (χ2n) is 4.41. The summed E-state index contributed by atoms with van der Waals surface area (Å²) in [7, 11) is 0. The normalized spacial score (nSPS) is 12.2. The number of nitrogens with one attached hydrogen (secondary N) is 1. The molecule has 1 aromatic rings. The van der Waals surface area contributed by atoms with Crippen molar-refractivity contribution in [2.75, 3.05) is 5.32 Å². The lowest BCUT2D eigenvalue weighted by Crippen LogP contribution is -2.19. The summed E-state index contributed by atoms with van der Waals surface area (Å²) < 4.78 is 0. The summed E-state index contributed by atoms with van der Waals surface area (Å²) >= 11 is 5.88. The first-order valence-electron chi connectivity index (χ1n) is 5.45. The van der Waals surface area contributed by atoms with E-state index in [0.29, 0.717) is 5.92 Å². The first-order valence-corrected chi connectivity index (χ1v) is 5.83. The molecular weight excluding hydrogens is 220 g/mol. The molecule has 2 nitrogen and oxygen atoms in total. The van der Waals surface area contributed by atoms with Crippen molar-refractivity contribution in [2.24, 2.45) is 5.92 Å². The number of benzene rings is 1. The highest BCUT2D eigenvalue weighted by Gasteiger charge is 2.10. The first kappa shape index (κ1) is 12.9. The molecule has 1 unspecified atom stereocenters. The zero-order chi connectivity index (χ0) is 12.1. The van der Waals surface area contributed by atoms with Gasteiger partial charge < -0.3 is 5.32 Å². The van der Waals surface area contributed by atoms with E-state index in [1.165, 1.54) is 0 Å². The number of hydrogen-bond acceptors (Lipinski definition) is 2. The molecule has 0 heterocycles. The summed E-state index contributed by atoms with van der Waals surface area (Å²) in [6.07, 6.45) is 0.846. The van der Waals surface area contributed by atoms with E-state index in [1.807, 2.05) is 25.1 Å². The van der Waals surface area contributed by atoms with Crippen molar-refractivity contribution >= 4 is 17.3 Å². The summed E-state index contributed by atoms with van der Waals surface area (Å²) in [5.74, 6) is 0.504. The average molecular weight is 237 g/mol. The van der Waals surface area contributed by atoms with Crippen LogP contribution in [-0.2, 0) is 0 Å². The number of anilines is 1. The SMILES string of the molecule is Cc1cc(Cl)ccc1NC(C#N)CC(C)C. The van der Waals surface area contributed by atoms with Crippen molar-refractivity contribution in [1.82, 2.24) is 0 Å². The number of nitriles is 1. The van der Waals surface area contributed by atoms with Crippen molar-refractivity contribution < 1.29 is 0 Å². The lowest BCUT2D eigenvalue weighted by molar-refractivity contribution is 0.568. The summed E-state index contributed by atoms with van der Waals surface area (Å²) in [6.45, 7) is 6.21. The van der Waals surface area contributed by atoms with Crippen LogP contribution in [0.1, 0.15) is 25.8 Å². The minimum atomic E-state index is -0.139. The third kappa shape index (κ3) is 3.75. The van der Waals surface area contributed by atoms with Gasteiger partial charge in [0.25, 0.3) is 0 Å². The molecule has 0 saturated heterocycles. The smallest absolute Gasteiger partial charge is 0.114 e. The molecule has 16 heavy (non-hydrogen) atoms. The van der Waals surface area contributed by atoms with Crippen molar-refractivity contribution in [2.45, 2.75) is 33.2 Å². The molecule has 0 radical (unpaired) electrons. The Bertz CT molecular complexity index is 393. The zero-order valence-electron chi connectivity index (χ0n) is 9.92. The molecule has 1 N–H and O–H groups in total. The van der Waals surface area contributed by atoms with Crippen molar-refractivity contribution in [1.29, 1.82) is 5.26 Å². The Hall–Kier alpha value is -1.20. The first-order chi connectivity index (χ1) is 7.52. The Labute approximate surface area is 102 Å². The van der Waals surface area contributed by atoms with E-state index >= 15 is 0 Å². The molecule has 86 valence electrons. The van der Waals surface area contributed by atoms with Crippen LogP contribution in [0.5, 0.6) is 0 Å². The number of aryl methyl sites for hydroxylation is 1. The van der Waals surface area contributed by atoms with Gasteiger partial charge >= 0.3 is 0 Å². The van der Waals surface area contributed by atoms with E-state index in [1.54, 1.807) is 0 Å². The second-order valence-corrected chi connectivity index (χ2v) is 4.85. The molecule has 1 atom stereocenters. The van der Waals surface area contributed by atoms with Crippen LogP contribution >= 0.6 is 11.6 Å². The minimum absolute atomic E-state index is 0.139. The molecular formula is C13H17ClN2. The number of hydrogen-bond donors (Lipinski definition) is 1. The van der Waals surface area contributed by atoms with Crippen LogP contribution in [0.2, 0.25) is 5.02 Å². The highest BCUT2D eigenvalue weighted by atomic mass is 35.5. The fourth-order valence-corrected chi connectivity index (χ4v) is 1.82. The molecule has 0 fully saturated rings. The van der Waals surface area contributed by atoms with E-state index in [2.05, 4.69) is 25.2 Å². The minimum Gasteiger partial charge on any atom is -0.370 e. The zero-order valence-corrected chi connectivity index (χ0v) is 10.7. The maximum atomic E-state index is 9.04. The van der Waals surface area contributed by atoms with Crippen LogP contribution in [0.4, 0.5) is 5.69 Å². The van der Waals surface area contributed by atoms with Gasteiger partial charge in [0.05, 0.1) is 6.07 Å². The summed E-state index contributed by atoms with van der Waals surface area (Å²) in [5, 5.41) is 13.0. The van der Waals surface area contributed by atoms with Gasteiger partial charge in [-0.2, -0.15) is 5.26 Å². The summed E-state index contributed by atoms with van der Waals surface area (Å²) in [6, 6.07) is 7.79. The van der Waals surface area contributed by atoms with Gasteiger partial charge in [0.15, 0.2) is 0 Å². The van der Waals surface area contributed by atoms with Crippen LogP contribution < -0.4 is 5.32 Å². The van der Waals surface area contributed by atoms with E-state index in [9.17, 15) is 0 Å². The lowest BCUT2D eigenvalue weighted by atomic mass is 10.0. The molecule has 0 aliphatic heterocycles. The molecule has 0 aromatic heterocycles. The van der Waals surface area contributed by atoms with Gasteiger partial charge in [-0.25, -0.2) is 0 Å². The van der Waals surface area contributed by atoms with Crippen molar-refractivity contribution in [3.63, 3.8) is 0 Å². The third-order valence-electron chi connectivity index (χ3n) is 2.38. The molecule has 1 rings (SSSR count). The van der Waals surface area contributed by atoms with E-state index in [-0.39, 0.29) is 6.04 Å². The maximum Gasteiger partial charge on any atom is 0.114 e.